The summed E-state index contributed by atoms with van der Waals surface area (Å²) in [6, 6.07) is -2.42. The number of hydrogen-bond donors (Lipinski definition) is 5. The smallest absolute Gasteiger partial charge is 0.326 e. The standard InChI is InChI=1S/C33H47N3O8/c1-6-33(43)16-13-24-22-8-7-20-17-21(11-14-31(20,4)23(22)12-15-32(24,33)5)36-44-18-26(37)35-28(19(2)3)29(40)34-25(30(41)42)9-10-27(38)39/h1,17,19,22-25,28,43H,7-16,18H2,2-5H3,(H,34,40)(H,35,37)(H,38,39)(H,41,42)/b36-21+/t22-,23+,24+,25+,28+,31+,32+,33-/m1/s1. The number of rotatable bonds is 11. The van der Waals surface area contributed by atoms with Gasteiger partial charge in [0.05, 0.1) is 5.71 Å². The minimum Gasteiger partial charge on any atom is -0.481 e. The molecule has 3 fully saturated rings. The van der Waals surface area contributed by atoms with Gasteiger partial charge in [0.25, 0.3) is 5.91 Å². The summed E-state index contributed by atoms with van der Waals surface area (Å²) < 4.78 is 0. The van der Waals surface area contributed by atoms with Crippen molar-refractivity contribution in [2.75, 3.05) is 6.61 Å². The number of carboxylic acid groups (broad SMARTS) is 2. The van der Waals surface area contributed by atoms with Crippen LogP contribution in [-0.4, -0.2) is 69.1 Å². The van der Waals surface area contributed by atoms with Gasteiger partial charge in [0.1, 0.15) is 17.7 Å². The van der Waals surface area contributed by atoms with Crippen molar-refractivity contribution in [3.05, 3.63) is 11.6 Å². The lowest BCUT2D eigenvalue weighted by Gasteiger charge is -2.58. The molecular weight excluding hydrogens is 566 g/mol. The van der Waals surface area contributed by atoms with E-state index < -0.39 is 54.5 Å². The number of carboxylic acids is 2. The third-order valence-electron chi connectivity index (χ3n) is 11.3. The number of aliphatic carboxylic acids is 2. The molecule has 44 heavy (non-hydrogen) atoms. The minimum atomic E-state index is -1.39. The Morgan fingerprint density at radius 2 is 1.77 bits per heavy atom. The SMILES string of the molecule is C#C[C@@]1(O)CC[C@H]2[C@@H]3CCC4=C/C(=N/OCC(=O)N[C@H](C(=O)N[C@@H](CCC(=O)O)C(=O)O)C(C)C)CC[C@]4(C)[C@H]3CC[C@@]21C. The van der Waals surface area contributed by atoms with E-state index in [-0.39, 0.29) is 23.2 Å². The summed E-state index contributed by atoms with van der Waals surface area (Å²) in [7, 11) is 0. The number of fused-ring (bicyclic) bond motifs is 5. The normalized spacial score (nSPS) is 34.8. The molecule has 0 aliphatic heterocycles. The van der Waals surface area contributed by atoms with E-state index in [1.165, 1.54) is 5.57 Å². The number of amides is 2. The highest BCUT2D eigenvalue weighted by atomic mass is 16.6. The summed E-state index contributed by atoms with van der Waals surface area (Å²) in [4.78, 5) is 53.1. The summed E-state index contributed by atoms with van der Waals surface area (Å²) in [5, 5.41) is 38.6. The van der Waals surface area contributed by atoms with Crippen LogP contribution >= 0.6 is 0 Å². The first-order valence-electron chi connectivity index (χ1n) is 15.8. The van der Waals surface area contributed by atoms with Crippen LogP contribution < -0.4 is 10.6 Å². The number of hydrogen-bond acceptors (Lipinski definition) is 7. The van der Waals surface area contributed by atoms with E-state index in [0.29, 0.717) is 30.6 Å². The predicted molar refractivity (Wildman–Crippen MR) is 162 cm³/mol. The molecule has 4 aliphatic carbocycles. The van der Waals surface area contributed by atoms with Gasteiger partial charge in [-0.1, -0.05) is 44.3 Å². The highest BCUT2D eigenvalue weighted by Gasteiger charge is 2.63. The Kier molecular flexibility index (Phi) is 9.84. The van der Waals surface area contributed by atoms with Crippen molar-refractivity contribution < 1.29 is 39.3 Å². The lowest BCUT2D eigenvalue weighted by molar-refractivity contribution is -0.143. The number of oxime groups is 1. The number of terminal acetylenes is 1. The van der Waals surface area contributed by atoms with Crippen LogP contribution in [0.2, 0.25) is 0 Å². The van der Waals surface area contributed by atoms with Crippen molar-refractivity contribution in [3.8, 4) is 12.3 Å². The van der Waals surface area contributed by atoms with E-state index in [9.17, 15) is 29.4 Å². The Bertz CT molecular complexity index is 1270. The quantitative estimate of drug-likeness (QED) is 0.174. The van der Waals surface area contributed by atoms with E-state index in [1.54, 1.807) is 13.8 Å². The maximum Gasteiger partial charge on any atom is 0.326 e. The van der Waals surface area contributed by atoms with Crippen LogP contribution in [0.5, 0.6) is 0 Å². The number of nitrogens with zero attached hydrogens (tertiary/aromatic N) is 1. The maximum atomic E-state index is 12.8. The number of aliphatic hydroxyl groups is 1. The molecular formula is C33H47N3O8. The molecule has 0 radical (unpaired) electrons. The Labute approximate surface area is 259 Å². The first-order valence-corrected chi connectivity index (χ1v) is 15.8. The fourth-order valence-corrected chi connectivity index (χ4v) is 8.61. The molecule has 0 heterocycles. The van der Waals surface area contributed by atoms with Crippen molar-refractivity contribution in [1.29, 1.82) is 0 Å². The molecule has 0 spiro atoms. The molecule has 11 nitrogen and oxygen atoms in total. The Morgan fingerprint density at radius 1 is 1.07 bits per heavy atom. The lowest BCUT2D eigenvalue weighted by atomic mass is 9.46. The molecule has 0 saturated heterocycles. The van der Waals surface area contributed by atoms with Crippen molar-refractivity contribution in [2.45, 2.75) is 110 Å². The molecule has 0 aromatic carbocycles. The van der Waals surface area contributed by atoms with Crippen molar-refractivity contribution >= 4 is 29.5 Å². The Balaban J connectivity index is 1.34. The number of carbonyl (C=O) groups is 4. The van der Waals surface area contributed by atoms with Crippen molar-refractivity contribution in [3.63, 3.8) is 0 Å². The van der Waals surface area contributed by atoms with Gasteiger partial charge in [-0.25, -0.2) is 4.79 Å². The molecule has 0 aromatic rings. The van der Waals surface area contributed by atoms with Gasteiger partial charge in [-0.2, -0.15) is 0 Å². The molecule has 0 unspecified atom stereocenters. The summed E-state index contributed by atoms with van der Waals surface area (Å²) in [5.74, 6) is 0.0444. The predicted octanol–water partition coefficient (Wildman–Crippen LogP) is 3.26. The van der Waals surface area contributed by atoms with Gasteiger partial charge >= 0.3 is 11.9 Å². The first-order chi connectivity index (χ1) is 20.6. The highest BCUT2D eigenvalue weighted by Crippen LogP contribution is 2.67. The van der Waals surface area contributed by atoms with Gasteiger partial charge in [-0.3, -0.25) is 14.4 Å². The monoisotopic (exact) mass is 613 g/mol. The van der Waals surface area contributed by atoms with Crippen LogP contribution in [0.15, 0.2) is 16.8 Å². The van der Waals surface area contributed by atoms with Gasteiger partial charge in [-0.05, 0) is 93.0 Å². The fraction of sp³-hybridized carbons (Fsp3) is 0.727. The van der Waals surface area contributed by atoms with Gasteiger partial charge in [0, 0.05) is 11.8 Å². The van der Waals surface area contributed by atoms with Gasteiger partial charge < -0.3 is 30.8 Å². The zero-order chi connectivity index (χ0) is 32.4. The summed E-state index contributed by atoms with van der Waals surface area (Å²) in [6.45, 7) is 7.55. The molecule has 2 amide bonds. The number of nitrogens with one attached hydrogen (secondary N) is 2. The van der Waals surface area contributed by atoms with E-state index in [0.717, 1.165) is 44.2 Å². The van der Waals surface area contributed by atoms with Gasteiger partial charge in [0.15, 0.2) is 6.61 Å². The van der Waals surface area contributed by atoms with Crippen LogP contribution in [-0.2, 0) is 24.0 Å². The molecule has 4 rings (SSSR count). The Hall–Kier alpha value is -3.39. The molecule has 4 aliphatic rings. The average molecular weight is 614 g/mol. The average Bonchev–Trinajstić information content (AvgIpc) is 3.24. The Morgan fingerprint density at radius 3 is 2.41 bits per heavy atom. The maximum absolute atomic E-state index is 12.8. The number of carbonyl (C=O) groups excluding carboxylic acids is 2. The third-order valence-corrected chi connectivity index (χ3v) is 11.3. The van der Waals surface area contributed by atoms with Gasteiger partial charge in [-0.15, -0.1) is 6.42 Å². The topological polar surface area (TPSA) is 175 Å². The van der Waals surface area contributed by atoms with Crippen LogP contribution in [0.1, 0.15) is 91.9 Å². The molecule has 5 N–H and O–H groups in total. The van der Waals surface area contributed by atoms with Crippen LogP contribution in [0.3, 0.4) is 0 Å². The summed E-state index contributed by atoms with van der Waals surface area (Å²) in [5.41, 5.74) is 0.931. The molecule has 11 heteroatoms. The third kappa shape index (κ3) is 6.37. The molecule has 3 saturated carbocycles. The first kappa shape index (κ1) is 33.5. The highest BCUT2D eigenvalue weighted by molar-refractivity contribution is 5.96. The molecule has 8 atom stereocenters. The largest absolute Gasteiger partial charge is 0.481 e. The van der Waals surface area contributed by atoms with Crippen molar-refractivity contribution in [2.24, 2.45) is 39.7 Å². The summed E-state index contributed by atoms with van der Waals surface area (Å²) >= 11 is 0. The van der Waals surface area contributed by atoms with E-state index in [2.05, 4.69) is 41.6 Å². The second-order valence-corrected chi connectivity index (χ2v) is 14.0. The van der Waals surface area contributed by atoms with Crippen LogP contribution in [0, 0.1) is 46.8 Å². The molecule has 0 bridgehead atoms. The molecule has 242 valence electrons. The zero-order valence-electron chi connectivity index (χ0n) is 26.2. The number of allylic oxidation sites excluding steroid dienone is 2. The van der Waals surface area contributed by atoms with E-state index >= 15 is 0 Å². The van der Waals surface area contributed by atoms with Crippen LogP contribution in [0.25, 0.3) is 0 Å². The van der Waals surface area contributed by atoms with E-state index in [4.69, 9.17) is 16.4 Å². The second kappa shape index (κ2) is 12.9. The summed E-state index contributed by atoms with van der Waals surface area (Å²) in [6.07, 6.45) is 14.5. The van der Waals surface area contributed by atoms with E-state index in [1.807, 2.05) is 0 Å². The second-order valence-electron chi connectivity index (χ2n) is 14.0. The van der Waals surface area contributed by atoms with Gasteiger partial charge in [0.2, 0.25) is 5.91 Å². The zero-order valence-corrected chi connectivity index (χ0v) is 26.2. The van der Waals surface area contributed by atoms with Crippen molar-refractivity contribution in [1.82, 2.24) is 10.6 Å². The molecule has 0 aromatic heterocycles. The van der Waals surface area contributed by atoms with Crippen LogP contribution in [0.4, 0.5) is 0 Å². The lowest BCUT2D eigenvalue weighted by Crippen LogP contribution is -2.54. The fourth-order valence-electron chi connectivity index (χ4n) is 8.61. The minimum absolute atomic E-state index is 0.0492.